The molecule has 0 aliphatic carbocycles. The number of rotatable bonds is 5. The Labute approximate surface area is 115 Å². The van der Waals surface area contributed by atoms with Crippen molar-refractivity contribution in [2.45, 2.75) is 39.3 Å². The molecule has 0 unspecified atom stereocenters. The quantitative estimate of drug-likeness (QED) is 0.707. The van der Waals surface area contributed by atoms with Crippen molar-refractivity contribution in [1.29, 1.82) is 0 Å². The summed E-state index contributed by atoms with van der Waals surface area (Å²) < 4.78 is 2.79. The molecule has 0 atom stereocenters. The fourth-order valence-corrected chi connectivity index (χ4v) is 11.8. The average molecular weight is 278 g/mol. The molecule has 0 aromatic heterocycles. The van der Waals surface area contributed by atoms with Crippen LogP contribution in [0.15, 0.2) is 36.4 Å². The molecule has 0 aliphatic heterocycles. The van der Waals surface area contributed by atoms with Gasteiger partial charge in [0.15, 0.2) is 0 Å². The van der Waals surface area contributed by atoms with Gasteiger partial charge >= 0.3 is 0 Å². The van der Waals surface area contributed by atoms with Gasteiger partial charge in [-0.3, -0.25) is 0 Å². The van der Waals surface area contributed by atoms with Gasteiger partial charge in [-0.25, -0.2) is 0 Å². The molecule has 0 radical (unpaired) electrons. The van der Waals surface area contributed by atoms with Crippen LogP contribution in [-0.4, -0.2) is 27.2 Å². The predicted octanol–water partition coefficient (Wildman–Crippen LogP) is 4.67. The highest BCUT2D eigenvalue weighted by Gasteiger charge is 2.33. The smallest absolute Gasteiger partial charge is 0.112 e. The summed E-state index contributed by atoms with van der Waals surface area (Å²) in [5.41, 5.74) is 1.30. The van der Waals surface area contributed by atoms with E-state index >= 15 is 0 Å². The van der Waals surface area contributed by atoms with Crippen LogP contribution in [-0.2, 0) is 0 Å². The van der Waals surface area contributed by atoms with Gasteiger partial charge in [-0.2, -0.15) is 0 Å². The van der Waals surface area contributed by atoms with E-state index in [2.05, 4.69) is 86.0 Å². The van der Waals surface area contributed by atoms with Crippen molar-refractivity contribution in [2.24, 2.45) is 0 Å². The summed E-state index contributed by atoms with van der Waals surface area (Å²) in [6.45, 7) is 15.8. The molecule has 0 spiro atoms. The highest BCUT2D eigenvalue weighted by atomic mass is 28.4. The van der Waals surface area contributed by atoms with Crippen molar-refractivity contribution in [3.8, 4) is 0 Å². The Morgan fingerprint density at radius 2 is 1.39 bits per heavy atom. The van der Waals surface area contributed by atoms with Crippen LogP contribution in [0.5, 0.6) is 0 Å². The molecule has 1 nitrogen and oxygen atoms in total. The van der Waals surface area contributed by atoms with Crippen LogP contribution < -0.4 is 0 Å². The zero-order valence-electron chi connectivity index (χ0n) is 12.7. The number of nitrogens with zero attached hydrogens (tertiary/aromatic N) is 1. The van der Waals surface area contributed by atoms with Gasteiger partial charge in [0, 0.05) is 6.54 Å². The molecule has 0 aliphatic rings. The van der Waals surface area contributed by atoms with E-state index < -0.39 is 16.5 Å². The van der Waals surface area contributed by atoms with Gasteiger partial charge in [0.2, 0.25) is 0 Å². The summed E-state index contributed by atoms with van der Waals surface area (Å²) in [5.74, 6) is 0. The van der Waals surface area contributed by atoms with E-state index in [-0.39, 0.29) is 0 Å². The number of hydrogen-bond acceptors (Lipinski definition) is 1. The maximum Gasteiger partial charge on any atom is 0.112 e. The van der Waals surface area contributed by atoms with Crippen molar-refractivity contribution in [3.63, 3.8) is 0 Å². The van der Waals surface area contributed by atoms with Gasteiger partial charge in [-0.1, -0.05) is 81.8 Å². The zero-order chi connectivity index (χ0) is 13.8. The van der Waals surface area contributed by atoms with E-state index in [0.717, 1.165) is 6.54 Å². The molecule has 0 fully saturated rings. The molecule has 1 aromatic rings. The number of benzene rings is 1. The summed E-state index contributed by atoms with van der Waals surface area (Å²) in [4.78, 5) is 0. The van der Waals surface area contributed by atoms with E-state index in [4.69, 9.17) is 0 Å². The third-order valence-corrected chi connectivity index (χ3v) is 10.6. The van der Waals surface area contributed by atoms with E-state index in [1.807, 2.05) is 0 Å². The summed E-state index contributed by atoms with van der Waals surface area (Å²) >= 11 is 0. The first-order valence-electron chi connectivity index (χ1n) is 6.70. The Balaban J connectivity index is 2.73. The SMILES string of the molecule is C[Si](C)(C)N(C/C=C/c1ccccc1)[Si](C)(C)C. The Bertz CT molecular complexity index is 371. The molecule has 100 valence electrons. The van der Waals surface area contributed by atoms with Crippen LogP contribution in [0.2, 0.25) is 39.3 Å². The molecule has 0 saturated heterocycles. The lowest BCUT2D eigenvalue weighted by Crippen LogP contribution is -2.58. The minimum atomic E-state index is -1.22. The largest absolute Gasteiger partial charge is 0.343 e. The summed E-state index contributed by atoms with van der Waals surface area (Å²) in [5, 5.41) is 0. The highest BCUT2D eigenvalue weighted by Crippen LogP contribution is 2.19. The lowest BCUT2D eigenvalue weighted by atomic mass is 10.2. The fraction of sp³-hybridized carbons (Fsp3) is 0.467. The van der Waals surface area contributed by atoms with Gasteiger partial charge < -0.3 is 4.23 Å². The van der Waals surface area contributed by atoms with Crippen LogP contribution in [0.1, 0.15) is 5.56 Å². The minimum Gasteiger partial charge on any atom is -0.343 e. The van der Waals surface area contributed by atoms with E-state index in [9.17, 15) is 0 Å². The fourth-order valence-electron chi connectivity index (χ4n) is 2.41. The topological polar surface area (TPSA) is 3.24 Å². The second-order valence-corrected chi connectivity index (χ2v) is 17.0. The summed E-state index contributed by atoms with van der Waals surface area (Å²) in [6, 6.07) is 10.6. The first-order valence-corrected chi connectivity index (χ1v) is 13.6. The van der Waals surface area contributed by atoms with Crippen molar-refractivity contribution in [2.75, 3.05) is 6.54 Å². The van der Waals surface area contributed by atoms with Gasteiger partial charge in [0.25, 0.3) is 0 Å². The molecule has 0 amide bonds. The van der Waals surface area contributed by atoms with Gasteiger partial charge in [-0.15, -0.1) is 0 Å². The van der Waals surface area contributed by atoms with Crippen molar-refractivity contribution in [3.05, 3.63) is 42.0 Å². The van der Waals surface area contributed by atoms with E-state index in [1.54, 1.807) is 0 Å². The molecule has 18 heavy (non-hydrogen) atoms. The Morgan fingerprint density at radius 3 is 1.83 bits per heavy atom. The van der Waals surface area contributed by atoms with Crippen LogP contribution in [0.4, 0.5) is 0 Å². The van der Waals surface area contributed by atoms with Crippen LogP contribution in [0, 0.1) is 0 Å². The Morgan fingerprint density at radius 1 is 0.889 bits per heavy atom. The molecule has 0 N–H and O–H groups in total. The van der Waals surface area contributed by atoms with Gasteiger partial charge in [0.1, 0.15) is 16.5 Å². The van der Waals surface area contributed by atoms with Crippen molar-refractivity contribution < 1.29 is 0 Å². The van der Waals surface area contributed by atoms with Gasteiger partial charge in [0.05, 0.1) is 0 Å². The Kier molecular flexibility index (Phi) is 5.13. The third-order valence-electron chi connectivity index (χ3n) is 3.02. The predicted molar refractivity (Wildman–Crippen MR) is 88.9 cm³/mol. The lowest BCUT2D eigenvalue weighted by molar-refractivity contribution is 0.689. The molecule has 1 aromatic carbocycles. The molecular weight excluding hydrogens is 250 g/mol. The number of hydrogen-bond donors (Lipinski definition) is 0. The highest BCUT2D eigenvalue weighted by molar-refractivity contribution is 6.89. The lowest BCUT2D eigenvalue weighted by Gasteiger charge is -2.43. The first-order chi connectivity index (χ1) is 8.21. The minimum absolute atomic E-state index is 1.10. The first kappa shape index (κ1) is 15.4. The molecular formula is C15H27NSi2. The summed E-state index contributed by atoms with van der Waals surface area (Å²) in [7, 11) is -2.43. The maximum atomic E-state index is 2.79. The van der Waals surface area contributed by atoms with Crippen LogP contribution in [0.25, 0.3) is 6.08 Å². The Hall–Kier alpha value is -0.646. The summed E-state index contributed by atoms with van der Waals surface area (Å²) in [6.07, 6.45) is 4.57. The molecule has 1 rings (SSSR count). The molecule has 0 saturated carbocycles. The third kappa shape index (κ3) is 4.92. The molecule has 0 bridgehead atoms. The standard InChI is InChI=1S/C15H27NSi2/c1-17(2,3)16(18(4,5)6)14-10-13-15-11-8-7-9-12-15/h7-13H,14H2,1-6H3/b13-10+. The normalized spacial score (nSPS) is 13.5. The van der Waals surface area contributed by atoms with Crippen molar-refractivity contribution in [1.82, 2.24) is 4.23 Å². The maximum absolute atomic E-state index is 2.79. The van der Waals surface area contributed by atoms with Crippen LogP contribution in [0.3, 0.4) is 0 Å². The van der Waals surface area contributed by atoms with E-state index in [0.29, 0.717) is 0 Å². The second kappa shape index (κ2) is 6.00. The monoisotopic (exact) mass is 277 g/mol. The second-order valence-electron chi connectivity index (χ2n) is 6.77. The molecule has 3 heteroatoms. The van der Waals surface area contributed by atoms with Crippen LogP contribution >= 0.6 is 0 Å². The van der Waals surface area contributed by atoms with E-state index in [1.165, 1.54) is 5.56 Å². The van der Waals surface area contributed by atoms with Crippen molar-refractivity contribution >= 4 is 22.5 Å². The zero-order valence-corrected chi connectivity index (χ0v) is 14.7. The average Bonchev–Trinajstić information content (AvgIpc) is 2.22. The molecule has 0 heterocycles. The van der Waals surface area contributed by atoms with Gasteiger partial charge in [-0.05, 0) is 5.56 Å².